The van der Waals surface area contributed by atoms with Gasteiger partial charge in [0.1, 0.15) is 18.1 Å². The number of nitrogens with one attached hydrogen (secondary N) is 4. The van der Waals surface area contributed by atoms with Crippen molar-refractivity contribution in [1.82, 2.24) is 25.9 Å². The minimum Gasteiger partial charge on any atom is -0.481 e. The molecule has 0 aliphatic rings. The molecule has 0 bridgehead atoms. The Morgan fingerprint density at radius 2 is 1.49 bits per heavy atom. The summed E-state index contributed by atoms with van der Waals surface area (Å²) < 4.78 is 0. The molecule has 0 aliphatic carbocycles. The number of aromatic nitrogens is 2. The highest BCUT2D eigenvalue weighted by molar-refractivity contribution is 5.94. The lowest BCUT2D eigenvalue weighted by Gasteiger charge is -2.25. The number of hydrogen-bond acceptors (Lipinski definition) is 7. The molecule has 0 aliphatic heterocycles. The molecule has 1 aromatic heterocycles. The first-order valence-corrected chi connectivity index (χ1v) is 12.6. The molecule has 39 heavy (non-hydrogen) atoms. The fourth-order valence-electron chi connectivity index (χ4n) is 3.85. The highest BCUT2D eigenvalue weighted by Crippen LogP contribution is 2.08. The molecule has 4 atom stereocenters. The van der Waals surface area contributed by atoms with Gasteiger partial charge in [-0.05, 0) is 24.3 Å². The van der Waals surface area contributed by atoms with Crippen molar-refractivity contribution < 1.29 is 34.2 Å². The smallest absolute Gasteiger partial charge is 0.326 e. The molecule has 2 aromatic rings. The molecule has 0 radical (unpaired) electrons. The summed E-state index contributed by atoms with van der Waals surface area (Å²) in [5.41, 5.74) is 7.25. The SMILES string of the molecule is CC(C)CC(N)C(=O)NC(Cc1ccccc1)C(=O)NC(Cc1cnc[nH]1)C(=O)NC(CCC(=O)O)C(=O)O. The number of aromatic amines is 1. The Hall–Kier alpha value is -4.26. The van der Waals surface area contributed by atoms with Crippen LogP contribution in [-0.4, -0.2) is 74.0 Å². The Morgan fingerprint density at radius 3 is 2.03 bits per heavy atom. The molecule has 0 fully saturated rings. The highest BCUT2D eigenvalue weighted by atomic mass is 16.4. The molecule has 1 aromatic carbocycles. The third-order valence-electron chi connectivity index (χ3n) is 5.85. The highest BCUT2D eigenvalue weighted by Gasteiger charge is 2.31. The first-order chi connectivity index (χ1) is 18.5. The number of carboxylic acids is 2. The van der Waals surface area contributed by atoms with Crippen LogP contribution in [0.5, 0.6) is 0 Å². The van der Waals surface area contributed by atoms with E-state index in [1.807, 2.05) is 19.9 Å². The number of carbonyl (C=O) groups excluding carboxylic acids is 3. The lowest BCUT2D eigenvalue weighted by Crippen LogP contribution is -2.58. The zero-order chi connectivity index (χ0) is 28.9. The van der Waals surface area contributed by atoms with Crippen LogP contribution in [0.25, 0.3) is 0 Å². The Bertz CT molecular complexity index is 1110. The number of nitrogens with two attached hydrogens (primary N) is 1. The maximum absolute atomic E-state index is 13.4. The first-order valence-electron chi connectivity index (χ1n) is 12.6. The van der Waals surface area contributed by atoms with Crippen molar-refractivity contribution >= 4 is 29.7 Å². The molecule has 13 nitrogen and oxygen atoms in total. The Morgan fingerprint density at radius 1 is 0.897 bits per heavy atom. The standard InChI is InChI=1S/C26H36N6O7/c1-15(2)10-18(27)23(35)31-20(11-16-6-4-3-5-7-16)24(36)32-21(12-17-13-28-14-29-17)25(37)30-19(26(38)39)8-9-22(33)34/h3-7,13-15,18-21H,8-12,27H2,1-2H3,(H,28,29)(H,30,37)(H,31,35)(H,32,36)(H,33,34)(H,38,39). The van der Waals surface area contributed by atoms with Crippen molar-refractivity contribution in [1.29, 1.82) is 0 Å². The molecule has 212 valence electrons. The van der Waals surface area contributed by atoms with Gasteiger partial charge in [-0.3, -0.25) is 19.2 Å². The molecular formula is C26H36N6O7. The average molecular weight is 545 g/mol. The van der Waals surface area contributed by atoms with Crippen LogP contribution in [0.15, 0.2) is 42.9 Å². The van der Waals surface area contributed by atoms with Crippen LogP contribution in [0, 0.1) is 5.92 Å². The molecule has 13 heteroatoms. The van der Waals surface area contributed by atoms with Gasteiger partial charge in [-0.15, -0.1) is 0 Å². The van der Waals surface area contributed by atoms with Gasteiger partial charge in [0.2, 0.25) is 17.7 Å². The van der Waals surface area contributed by atoms with Gasteiger partial charge in [-0.2, -0.15) is 0 Å². The van der Waals surface area contributed by atoms with Crippen LogP contribution in [-0.2, 0) is 36.8 Å². The molecule has 2 rings (SSSR count). The average Bonchev–Trinajstić information content (AvgIpc) is 3.38. The Balaban J connectivity index is 2.26. The third kappa shape index (κ3) is 10.9. The van der Waals surface area contributed by atoms with Crippen LogP contribution in [0.3, 0.4) is 0 Å². The minimum atomic E-state index is -1.48. The number of carboxylic acid groups (broad SMARTS) is 2. The van der Waals surface area contributed by atoms with Crippen molar-refractivity contribution in [2.24, 2.45) is 11.7 Å². The summed E-state index contributed by atoms with van der Waals surface area (Å²) in [7, 11) is 0. The van der Waals surface area contributed by atoms with Gasteiger partial charge in [0, 0.05) is 31.2 Å². The van der Waals surface area contributed by atoms with Crippen molar-refractivity contribution in [2.45, 2.75) is 70.1 Å². The van der Waals surface area contributed by atoms with Gasteiger partial charge >= 0.3 is 11.9 Å². The van der Waals surface area contributed by atoms with Gasteiger partial charge < -0.3 is 36.9 Å². The second-order valence-electron chi connectivity index (χ2n) is 9.66. The number of nitrogens with zero attached hydrogens (tertiary/aromatic N) is 1. The number of benzene rings is 1. The Kier molecular flexibility index (Phi) is 12.1. The number of imidazole rings is 1. The maximum Gasteiger partial charge on any atom is 0.326 e. The summed E-state index contributed by atoms with van der Waals surface area (Å²) in [5.74, 6) is -4.51. The second kappa shape index (κ2) is 15.2. The zero-order valence-electron chi connectivity index (χ0n) is 21.9. The van der Waals surface area contributed by atoms with E-state index in [1.165, 1.54) is 12.5 Å². The minimum absolute atomic E-state index is 0.0677. The van der Waals surface area contributed by atoms with E-state index in [0.29, 0.717) is 12.1 Å². The van der Waals surface area contributed by atoms with Gasteiger partial charge in [-0.1, -0.05) is 44.2 Å². The van der Waals surface area contributed by atoms with Gasteiger partial charge in [0.15, 0.2) is 0 Å². The summed E-state index contributed by atoms with van der Waals surface area (Å²) >= 11 is 0. The van der Waals surface area contributed by atoms with E-state index in [9.17, 15) is 29.1 Å². The molecular weight excluding hydrogens is 508 g/mol. The van der Waals surface area contributed by atoms with E-state index >= 15 is 0 Å². The molecule has 3 amide bonds. The summed E-state index contributed by atoms with van der Waals surface area (Å²) in [6, 6.07) is 4.28. The van der Waals surface area contributed by atoms with Crippen LogP contribution in [0.2, 0.25) is 0 Å². The number of rotatable bonds is 16. The van der Waals surface area contributed by atoms with Crippen molar-refractivity contribution in [2.75, 3.05) is 0 Å². The molecule has 1 heterocycles. The first kappa shape index (κ1) is 31.0. The van der Waals surface area contributed by atoms with Gasteiger partial charge in [-0.25, -0.2) is 9.78 Å². The number of carbonyl (C=O) groups is 5. The van der Waals surface area contributed by atoms with E-state index < -0.39 is 60.2 Å². The zero-order valence-corrected chi connectivity index (χ0v) is 21.9. The predicted octanol–water partition coefficient (Wildman–Crippen LogP) is -0.0279. The van der Waals surface area contributed by atoms with Gasteiger partial charge in [0.25, 0.3) is 0 Å². The molecule has 0 saturated heterocycles. The van der Waals surface area contributed by atoms with E-state index in [0.717, 1.165) is 5.56 Å². The van der Waals surface area contributed by atoms with Crippen molar-refractivity contribution in [3.05, 3.63) is 54.1 Å². The van der Waals surface area contributed by atoms with Gasteiger partial charge in [0.05, 0.1) is 12.4 Å². The predicted molar refractivity (Wildman–Crippen MR) is 140 cm³/mol. The lowest BCUT2D eigenvalue weighted by atomic mass is 10.0. The molecule has 8 N–H and O–H groups in total. The monoisotopic (exact) mass is 544 g/mol. The van der Waals surface area contributed by atoms with Crippen LogP contribution in [0.1, 0.15) is 44.4 Å². The van der Waals surface area contributed by atoms with Crippen molar-refractivity contribution in [3.8, 4) is 0 Å². The van der Waals surface area contributed by atoms with Crippen molar-refractivity contribution in [3.63, 3.8) is 0 Å². The summed E-state index contributed by atoms with van der Waals surface area (Å²) in [4.78, 5) is 68.6. The largest absolute Gasteiger partial charge is 0.481 e. The fourth-order valence-corrected chi connectivity index (χ4v) is 3.85. The number of hydrogen-bond donors (Lipinski definition) is 7. The summed E-state index contributed by atoms with van der Waals surface area (Å²) in [6.07, 6.45) is 2.46. The number of amides is 3. The quantitative estimate of drug-likeness (QED) is 0.151. The number of aliphatic carboxylic acids is 2. The normalized spacial score (nSPS) is 14.1. The second-order valence-corrected chi connectivity index (χ2v) is 9.66. The lowest BCUT2D eigenvalue weighted by molar-refractivity contribution is -0.143. The van der Waals surface area contributed by atoms with E-state index in [4.69, 9.17) is 10.8 Å². The fraction of sp³-hybridized carbons (Fsp3) is 0.462. The maximum atomic E-state index is 13.4. The van der Waals surface area contributed by atoms with Crippen LogP contribution < -0.4 is 21.7 Å². The Labute approximate surface area is 226 Å². The van der Waals surface area contributed by atoms with E-state index in [1.54, 1.807) is 24.3 Å². The topological polar surface area (TPSA) is 217 Å². The molecule has 4 unspecified atom stereocenters. The molecule has 0 spiro atoms. The number of H-pyrrole nitrogens is 1. The summed E-state index contributed by atoms with van der Waals surface area (Å²) in [6.45, 7) is 3.83. The van der Waals surface area contributed by atoms with E-state index in [2.05, 4.69) is 25.9 Å². The van der Waals surface area contributed by atoms with Crippen LogP contribution in [0.4, 0.5) is 0 Å². The summed E-state index contributed by atoms with van der Waals surface area (Å²) in [5, 5.41) is 25.9. The van der Waals surface area contributed by atoms with E-state index in [-0.39, 0.29) is 25.2 Å². The third-order valence-corrected chi connectivity index (χ3v) is 5.85. The van der Waals surface area contributed by atoms with Crippen LogP contribution >= 0.6 is 0 Å². The molecule has 0 saturated carbocycles.